The molecule has 202 valence electrons. The number of carboxylic acid groups (broad SMARTS) is 1. The second-order valence-electron chi connectivity index (χ2n) is 13.4. The van der Waals surface area contributed by atoms with Gasteiger partial charge in [-0.15, -0.1) is 0 Å². The van der Waals surface area contributed by atoms with Gasteiger partial charge in [-0.2, -0.15) is 0 Å². The van der Waals surface area contributed by atoms with Crippen LogP contribution < -0.4 is 0 Å². The number of carboxylic acids is 1. The van der Waals surface area contributed by atoms with Crippen LogP contribution in [0.1, 0.15) is 92.9 Å². The third kappa shape index (κ3) is 4.48. The van der Waals surface area contributed by atoms with Crippen LogP contribution >= 0.6 is 0 Å². The predicted octanol–water partition coefficient (Wildman–Crippen LogP) is 6.41. The number of ether oxygens (including phenoxy) is 1. The Morgan fingerprint density at radius 3 is 2.36 bits per heavy atom. The van der Waals surface area contributed by atoms with Crippen LogP contribution in [0, 0.1) is 52.3 Å². The van der Waals surface area contributed by atoms with Crippen molar-refractivity contribution in [3.8, 4) is 0 Å². The fraction of sp³-hybridized carbons (Fsp3) is 0.806. The normalized spacial score (nSPS) is 41.4. The molecule has 0 unspecified atom stereocenters. The Hall–Kier alpha value is -1.62. The van der Waals surface area contributed by atoms with Crippen LogP contribution in [-0.2, 0) is 14.3 Å². The highest BCUT2D eigenvalue weighted by Gasteiger charge is 2.61. The van der Waals surface area contributed by atoms with Gasteiger partial charge in [0, 0.05) is 6.92 Å². The number of fused-ring (bicyclic) bond motifs is 5. The Bertz CT molecular complexity index is 920. The van der Waals surface area contributed by atoms with E-state index in [0.29, 0.717) is 30.1 Å². The molecule has 36 heavy (non-hydrogen) atoms. The second-order valence-corrected chi connectivity index (χ2v) is 13.4. The molecule has 0 amide bonds. The predicted molar refractivity (Wildman–Crippen MR) is 141 cm³/mol. The van der Waals surface area contributed by atoms with Crippen molar-refractivity contribution in [1.29, 1.82) is 0 Å². The van der Waals surface area contributed by atoms with E-state index in [9.17, 15) is 19.8 Å². The highest BCUT2D eigenvalue weighted by Crippen LogP contribution is 2.67. The van der Waals surface area contributed by atoms with Crippen LogP contribution in [-0.4, -0.2) is 34.4 Å². The van der Waals surface area contributed by atoms with E-state index < -0.39 is 18.0 Å². The molecule has 0 bridgehead atoms. The van der Waals surface area contributed by atoms with Gasteiger partial charge in [-0.1, -0.05) is 58.4 Å². The molecule has 3 fully saturated rings. The first-order valence-corrected chi connectivity index (χ1v) is 14.3. The van der Waals surface area contributed by atoms with Gasteiger partial charge in [-0.25, -0.2) is 0 Å². The Morgan fingerprint density at radius 2 is 1.75 bits per heavy atom. The van der Waals surface area contributed by atoms with Crippen LogP contribution in [0.3, 0.4) is 0 Å². The fourth-order valence-corrected chi connectivity index (χ4v) is 9.18. The van der Waals surface area contributed by atoms with Gasteiger partial charge < -0.3 is 14.9 Å². The Kier molecular flexibility index (Phi) is 7.56. The number of hydrogen-bond donors (Lipinski definition) is 2. The van der Waals surface area contributed by atoms with Gasteiger partial charge in [0.05, 0.1) is 12.0 Å². The molecule has 0 aromatic heterocycles. The van der Waals surface area contributed by atoms with Gasteiger partial charge >= 0.3 is 11.9 Å². The molecule has 0 aliphatic heterocycles. The maximum atomic E-state index is 12.5. The minimum absolute atomic E-state index is 0.0126. The zero-order valence-electron chi connectivity index (χ0n) is 23.3. The lowest BCUT2D eigenvalue weighted by atomic mass is 9.46. The average Bonchev–Trinajstić information content (AvgIpc) is 3.12. The van der Waals surface area contributed by atoms with Gasteiger partial charge in [0.2, 0.25) is 0 Å². The summed E-state index contributed by atoms with van der Waals surface area (Å²) in [5, 5.41) is 21.4. The summed E-state index contributed by atoms with van der Waals surface area (Å²) < 4.78 is 5.70. The maximum absolute atomic E-state index is 12.5. The molecule has 5 nitrogen and oxygen atoms in total. The van der Waals surface area contributed by atoms with E-state index >= 15 is 0 Å². The van der Waals surface area contributed by atoms with Gasteiger partial charge in [0.25, 0.3) is 0 Å². The lowest BCUT2D eigenvalue weighted by Crippen LogP contribution is -2.53. The summed E-state index contributed by atoms with van der Waals surface area (Å²) >= 11 is 0. The van der Waals surface area contributed by atoms with E-state index in [1.165, 1.54) is 6.92 Å². The van der Waals surface area contributed by atoms with E-state index in [4.69, 9.17) is 4.74 Å². The zero-order chi connectivity index (χ0) is 26.6. The third-order valence-electron chi connectivity index (χ3n) is 11.4. The van der Waals surface area contributed by atoms with Crippen LogP contribution in [0.25, 0.3) is 0 Å². The molecule has 4 aliphatic rings. The SMILES string of the molecule is C=C(C[C@H](O)[C@@H](C(=O)O)[C@H]1CC[C@H]2C3=CC[C@H]4[C@H](C)[C@@H](OC(C)=O)CC[C@]4(C)[C@H]3CC[C@]12C)C(C)C. The largest absolute Gasteiger partial charge is 0.481 e. The van der Waals surface area contributed by atoms with E-state index in [1.54, 1.807) is 5.57 Å². The molecule has 0 saturated heterocycles. The molecule has 3 saturated carbocycles. The van der Waals surface area contributed by atoms with E-state index in [2.05, 4.69) is 33.4 Å². The van der Waals surface area contributed by atoms with Crippen molar-refractivity contribution in [1.82, 2.24) is 0 Å². The summed E-state index contributed by atoms with van der Waals surface area (Å²) in [6.45, 7) is 16.7. The Balaban J connectivity index is 1.58. The highest BCUT2D eigenvalue weighted by atomic mass is 16.5. The quantitative estimate of drug-likeness (QED) is 0.312. The van der Waals surface area contributed by atoms with Gasteiger partial charge in [0.1, 0.15) is 6.10 Å². The van der Waals surface area contributed by atoms with E-state index in [-0.39, 0.29) is 34.7 Å². The smallest absolute Gasteiger partial charge is 0.309 e. The summed E-state index contributed by atoms with van der Waals surface area (Å²) in [5.74, 6) is 0.161. The second kappa shape index (κ2) is 9.93. The topological polar surface area (TPSA) is 83.8 Å². The molecular formula is C31H48O5. The number of carbonyl (C=O) groups excluding carboxylic acids is 1. The number of hydrogen-bond acceptors (Lipinski definition) is 4. The molecule has 4 rings (SSSR count). The average molecular weight is 501 g/mol. The van der Waals surface area contributed by atoms with Crippen molar-refractivity contribution >= 4 is 11.9 Å². The first kappa shape index (κ1) is 27.4. The monoisotopic (exact) mass is 500 g/mol. The number of allylic oxidation sites excluding steroid dienone is 2. The molecule has 5 heteroatoms. The zero-order valence-corrected chi connectivity index (χ0v) is 23.3. The minimum atomic E-state index is -0.893. The summed E-state index contributed by atoms with van der Waals surface area (Å²) in [6.07, 6.45) is 8.93. The molecule has 0 spiro atoms. The van der Waals surface area contributed by atoms with Crippen molar-refractivity contribution < 1.29 is 24.5 Å². The molecule has 2 N–H and O–H groups in total. The number of aliphatic carboxylic acids is 1. The Labute approximate surface area is 217 Å². The number of carbonyl (C=O) groups is 2. The molecular weight excluding hydrogens is 452 g/mol. The van der Waals surface area contributed by atoms with Crippen molar-refractivity contribution in [3.63, 3.8) is 0 Å². The molecule has 10 atom stereocenters. The number of rotatable bonds is 7. The Morgan fingerprint density at radius 1 is 1.11 bits per heavy atom. The summed E-state index contributed by atoms with van der Waals surface area (Å²) in [6, 6.07) is 0. The number of aliphatic hydroxyl groups excluding tert-OH is 1. The first-order valence-electron chi connectivity index (χ1n) is 14.3. The molecule has 0 heterocycles. The lowest BCUT2D eigenvalue weighted by Gasteiger charge is -2.59. The van der Waals surface area contributed by atoms with Gasteiger partial charge in [0.15, 0.2) is 0 Å². The summed E-state index contributed by atoms with van der Waals surface area (Å²) in [5.41, 5.74) is 2.58. The third-order valence-corrected chi connectivity index (χ3v) is 11.4. The highest BCUT2D eigenvalue weighted by molar-refractivity contribution is 5.71. The van der Waals surface area contributed by atoms with Crippen LogP contribution in [0.15, 0.2) is 23.8 Å². The molecule has 0 radical (unpaired) electrons. The van der Waals surface area contributed by atoms with Crippen LogP contribution in [0.5, 0.6) is 0 Å². The molecule has 0 aromatic rings. The van der Waals surface area contributed by atoms with Crippen molar-refractivity contribution in [2.75, 3.05) is 0 Å². The number of esters is 1. The lowest BCUT2D eigenvalue weighted by molar-refractivity contribution is -0.159. The van der Waals surface area contributed by atoms with Crippen LogP contribution in [0.2, 0.25) is 0 Å². The van der Waals surface area contributed by atoms with E-state index in [0.717, 1.165) is 50.5 Å². The first-order chi connectivity index (χ1) is 16.8. The molecule has 0 aromatic carbocycles. The fourth-order valence-electron chi connectivity index (χ4n) is 9.18. The summed E-state index contributed by atoms with van der Waals surface area (Å²) in [7, 11) is 0. The van der Waals surface area contributed by atoms with Crippen molar-refractivity contribution in [2.24, 2.45) is 52.3 Å². The van der Waals surface area contributed by atoms with Gasteiger partial charge in [-0.05, 0) is 97.7 Å². The summed E-state index contributed by atoms with van der Waals surface area (Å²) in [4.78, 5) is 24.2. The standard InChI is InChI=1S/C31H48O5/c1-17(2)18(3)16-26(33)28(29(34)35)25-11-10-23-21-8-9-22-19(4)27(36-20(5)32)13-15-30(22,6)24(21)12-14-31(23,25)7/h8,17,19,22-28,33H,3,9-16H2,1-2,4-7H3,(H,34,35)/t19-,22-,23-,24-,25+,26-,27-,28-,30-,31-/m0/s1. The molecule has 4 aliphatic carbocycles. The van der Waals surface area contributed by atoms with E-state index in [1.807, 2.05) is 13.8 Å². The van der Waals surface area contributed by atoms with Crippen molar-refractivity contribution in [2.45, 2.75) is 105 Å². The van der Waals surface area contributed by atoms with Crippen LogP contribution in [0.4, 0.5) is 0 Å². The van der Waals surface area contributed by atoms with Gasteiger partial charge in [-0.3, -0.25) is 9.59 Å². The minimum Gasteiger partial charge on any atom is -0.481 e. The number of aliphatic hydroxyl groups is 1. The van der Waals surface area contributed by atoms with Crippen molar-refractivity contribution in [3.05, 3.63) is 23.8 Å². The maximum Gasteiger partial charge on any atom is 0.309 e.